The molecule has 22 heavy (non-hydrogen) atoms. The maximum Gasteiger partial charge on any atom is 0.274 e. The number of aliphatic hydroxyl groups excluding tert-OH is 1. The predicted octanol–water partition coefficient (Wildman–Crippen LogP) is 2.04. The Hall–Kier alpha value is -2.47. The molecule has 0 unspecified atom stereocenters. The van der Waals surface area contributed by atoms with Crippen LogP contribution in [-0.4, -0.2) is 22.6 Å². The van der Waals surface area contributed by atoms with Crippen LogP contribution in [0.2, 0.25) is 0 Å². The maximum atomic E-state index is 13.3. The van der Waals surface area contributed by atoms with Crippen LogP contribution in [0.25, 0.3) is 0 Å². The van der Waals surface area contributed by atoms with Gasteiger partial charge in [0.1, 0.15) is 5.82 Å². The molecule has 0 fully saturated rings. The van der Waals surface area contributed by atoms with Crippen LogP contribution < -0.4 is 10.1 Å². The van der Waals surface area contributed by atoms with Gasteiger partial charge in [-0.2, -0.15) is 0 Å². The molecule has 5 nitrogen and oxygen atoms in total. The molecule has 0 aliphatic rings. The Bertz CT molecular complexity index is 662. The van der Waals surface area contributed by atoms with Crippen molar-refractivity contribution in [3.63, 3.8) is 0 Å². The number of hydrogen-bond donors (Lipinski definition) is 2. The summed E-state index contributed by atoms with van der Waals surface area (Å²) < 4.78 is 18.7. The summed E-state index contributed by atoms with van der Waals surface area (Å²) in [5.41, 5.74) is 1.08. The fraction of sp³-hybridized carbons (Fsp3) is 0.250. The third-order valence-corrected chi connectivity index (χ3v) is 3.02. The average Bonchev–Trinajstić information content (AvgIpc) is 2.54. The molecule has 0 bridgehead atoms. The second-order valence-electron chi connectivity index (χ2n) is 4.55. The zero-order valence-corrected chi connectivity index (χ0v) is 12.2. The van der Waals surface area contributed by atoms with E-state index in [0.717, 1.165) is 0 Å². The van der Waals surface area contributed by atoms with Crippen molar-refractivity contribution >= 4 is 5.91 Å². The quantitative estimate of drug-likeness (QED) is 0.857. The van der Waals surface area contributed by atoms with Crippen molar-refractivity contribution in [1.29, 1.82) is 0 Å². The van der Waals surface area contributed by atoms with E-state index in [1.54, 1.807) is 18.2 Å². The molecular formula is C16H17FN2O3. The van der Waals surface area contributed by atoms with Crippen LogP contribution in [0.4, 0.5) is 4.39 Å². The Morgan fingerprint density at radius 3 is 2.95 bits per heavy atom. The largest absolute Gasteiger partial charge is 0.491 e. The molecule has 0 spiro atoms. The number of carbonyl (C=O) groups excluding carboxylic acids is 1. The first-order valence-electron chi connectivity index (χ1n) is 6.90. The summed E-state index contributed by atoms with van der Waals surface area (Å²) in [6, 6.07) is 7.69. The minimum Gasteiger partial charge on any atom is -0.491 e. The molecule has 0 aliphatic heterocycles. The van der Waals surface area contributed by atoms with Gasteiger partial charge in [0.15, 0.2) is 11.4 Å². The molecule has 1 aromatic heterocycles. The predicted molar refractivity (Wildman–Crippen MR) is 78.9 cm³/mol. The maximum absolute atomic E-state index is 13.3. The zero-order chi connectivity index (χ0) is 15.9. The highest BCUT2D eigenvalue weighted by atomic mass is 19.1. The van der Waals surface area contributed by atoms with Crippen molar-refractivity contribution in [2.75, 3.05) is 6.61 Å². The molecule has 2 N–H and O–H groups in total. The molecule has 2 aromatic rings. The lowest BCUT2D eigenvalue weighted by Crippen LogP contribution is -2.24. The van der Waals surface area contributed by atoms with E-state index in [1.807, 2.05) is 6.92 Å². The van der Waals surface area contributed by atoms with Crippen molar-refractivity contribution in [1.82, 2.24) is 10.3 Å². The van der Waals surface area contributed by atoms with Gasteiger partial charge in [0, 0.05) is 18.3 Å². The van der Waals surface area contributed by atoms with Crippen LogP contribution in [0.3, 0.4) is 0 Å². The number of nitrogens with one attached hydrogen (secondary N) is 1. The number of ether oxygens (including phenoxy) is 1. The summed E-state index contributed by atoms with van der Waals surface area (Å²) in [5.74, 6) is -0.433. The number of hydrogen-bond acceptors (Lipinski definition) is 4. The van der Waals surface area contributed by atoms with E-state index >= 15 is 0 Å². The van der Waals surface area contributed by atoms with E-state index in [1.165, 1.54) is 18.3 Å². The van der Waals surface area contributed by atoms with Gasteiger partial charge < -0.3 is 15.2 Å². The first-order chi connectivity index (χ1) is 10.7. The van der Waals surface area contributed by atoms with Gasteiger partial charge in [0.2, 0.25) is 0 Å². The smallest absolute Gasteiger partial charge is 0.274 e. The molecule has 0 saturated carbocycles. The van der Waals surface area contributed by atoms with Gasteiger partial charge in [-0.05, 0) is 36.8 Å². The molecule has 1 aromatic carbocycles. The Balaban J connectivity index is 2.07. The summed E-state index contributed by atoms with van der Waals surface area (Å²) in [4.78, 5) is 16.2. The number of aliphatic hydroxyl groups is 1. The van der Waals surface area contributed by atoms with Gasteiger partial charge in [-0.15, -0.1) is 0 Å². The molecule has 116 valence electrons. The van der Waals surface area contributed by atoms with Crippen molar-refractivity contribution < 1.29 is 19.0 Å². The van der Waals surface area contributed by atoms with E-state index in [0.29, 0.717) is 17.9 Å². The molecule has 2 rings (SSSR count). The summed E-state index contributed by atoms with van der Waals surface area (Å²) in [5, 5.41) is 11.7. The highest BCUT2D eigenvalue weighted by Gasteiger charge is 2.13. The Morgan fingerprint density at radius 1 is 1.41 bits per heavy atom. The fourth-order valence-corrected chi connectivity index (χ4v) is 1.96. The SMILES string of the molecule is CCOc1cccnc1C(=O)NCc1ccc(F)c(CO)c1. The third-order valence-electron chi connectivity index (χ3n) is 3.02. The van der Waals surface area contributed by atoms with Crippen LogP contribution in [0.15, 0.2) is 36.5 Å². The van der Waals surface area contributed by atoms with Crippen LogP contribution in [-0.2, 0) is 13.2 Å². The zero-order valence-electron chi connectivity index (χ0n) is 12.2. The number of carbonyl (C=O) groups is 1. The lowest BCUT2D eigenvalue weighted by molar-refractivity contribution is 0.0941. The van der Waals surface area contributed by atoms with Crippen LogP contribution >= 0.6 is 0 Å². The Morgan fingerprint density at radius 2 is 2.23 bits per heavy atom. The van der Waals surface area contributed by atoms with E-state index in [2.05, 4.69) is 10.3 Å². The normalized spacial score (nSPS) is 10.3. The molecule has 0 radical (unpaired) electrons. The van der Waals surface area contributed by atoms with Gasteiger partial charge in [-0.3, -0.25) is 4.79 Å². The minimum atomic E-state index is -0.471. The van der Waals surface area contributed by atoms with Gasteiger partial charge in [-0.1, -0.05) is 6.07 Å². The van der Waals surface area contributed by atoms with Crippen LogP contribution in [0, 0.1) is 5.82 Å². The van der Waals surface area contributed by atoms with Gasteiger partial charge in [0.25, 0.3) is 5.91 Å². The summed E-state index contributed by atoms with van der Waals surface area (Å²) in [6.07, 6.45) is 1.51. The van der Waals surface area contributed by atoms with Crippen molar-refractivity contribution in [2.24, 2.45) is 0 Å². The third kappa shape index (κ3) is 3.79. The first-order valence-corrected chi connectivity index (χ1v) is 6.90. The molecule has 1 amide bonds. The van der Waals surface area contributed by atoms with E-state index in [-0.39, 0.29) is 30.3 Å². The van der Waals surface area contributed by atoms with E-state index < -0.39 is 5.82 Å². The highest BCUT2D eigenvalue weighted by Crippen LogP contribution is 2.15. The van der Waals surface area contributed by atoms with E-state index in [9.17, 15) is 9.18 Å². The number of amides is 1. The molecule has 6 heteroatoms. The molecular weight excluding hydrogens is 287 g/mol. The second-order valence-corrected chi connectivity index (χ2v) is 4.55. The standard InChI is InChI=1S/C16H17FN2O3/c1-2-22-14-4-3-7-18-15(14)16(21)19-9-11-5-6-13(17)12(8-11)10-20/h3-8,20H,2,9-10H2,1H3,(H,19,21). The lowest BCUT2D eigenvalue weighted by Gasteiger charge is -2.10. The van der Waals surface area contributed by atoms with Gasteiger partial charge in [0.05, 0.1) is 13.2 Å². The van der Waals surface area contributed by atoms with Crippen LogP contribution in [0.1, 0.15) is 28.5 Å². The fourth-order valence-electron chi connectivity index (χ4n) is 1.96. The summed E-state index contributed by atoms with van der Waals surface area (Å²) >= 11 is 0. The number of aromatic nitrogens is 1. The van der Waals surface area contributed by atoms with Gasteiger partial charge in [-0.25, -0.2) is 9.37 Å². The first kappa shape index (κ1) is 15.9. The van der Waals surface area contributed by atoms with Crippen molar-refractivity contribution in [2.45, 2.75) is 20.1 Å². The van der Waals surface area contributed by atoms with Gasteiger partial charge >= 0.3 is 0 Å². The Labute approximate surface area is 127 Å². The number of pyridine rings is 1. The molecule has 1 heterocycles. The summed E-state index contributed by atoms with van der Waals surface area (Å²) in [7, 11) is 0. The minimum absolute atomic E-state index is 0.194. The number of benzene rings is 1. The number of nitrogens with zero attached hydrogens (tertiary/aromatic N) is 1. The second kappa shape index (κ2) is 7.51. The van der Waals surface area contributed by atoms with Crippen molar-refractivity contribution in [3.05, 3.63) is 59.2 Å². The van der Waals surface area contributed by atoms with E-state index in [4.69, 9.17) is 9.84 Å². The number of rotatable bonds is 6. The lowest BCUT2D eigenvalue weighted by atomic mass is 10.1. The molecule has 0 saturated heterocycles. The monoisotopic (exact) mass is 304 g/mol. The highest BCUT2D eigenvalue weighted by molar-refractivity contribution is 5.94. The number of halogens is 1. The molecule has 0 atom stereocenters. The topological polar surface area (TPSA) is 71.5 Å². The van der Waals surface area contributed by atoms with Crippen LogP contribution in [0.5, 0.6) is 5.75 Å². The van der Waals surface area contributed by atoms with Crippen molar-refractivity contribution in [3.8, 4) is 5.75 Å². The molecule has 0 aliphatic carbocycles. The summed E-state index contributed by atoms with van der Waals surface area (Å²) in [6.45, 7) is 2.07. The average molecular weight is 304 g/mol. The Kier molecular flexibility index (Phi) is 5.43.